The molecule has 2 rings (SSSR count). The summed E-state index contributed by atoms with van der Waals surface area (Å²) in [6.07, 6.45) is 0.000814. The lowest BCUT2D eigenvalue weighted by Crippen LogP contribution is -2.45. The third-order valence-electron chi connectivity index (χ3n) is 3.36. The number of benzene rings is 1. The van der Waals surface area contributed by atoms with Gasteiger partial charge in [0.25, 0.3) is 5.91 Å². The van der Waals surface area contributed by atoms with Gasteiger partial charge in [-0.15, -0.1) is 0 Å². The number of nitrogens with one attached hydrogen (secondary N) is 2. The molecular formula is C14H16F2N2O2. The van der Waals surface area contributed by atoms with Crippen LogP contribution in [0.5, 0.6) is 0 Å². The Morgan fingerprint density at radius 2 is 2.05 bits per heavy atom. The van der Waals surface area contributed by atoms with Crippen molar-refractivity contribution in [1.29, 1.82) is 0 Å². The molecule has 0 aliphatic carbocycles. The molecule has 2 atom stereocenters. The van der Waals surface area contributed by atoms with Crippen molar-refractivity contribution >= 4 is 11.8 Å². The van der Waals surface area contributed by atoms with E-state index in [0.29, 0.717) is 6.92 Å². The Bertz CT molecular complexity index is 540. The number of hydrogen-bond acceptors (Lipinski definition) is 2. The van der Waals surface area contributed by atoms with Crippen molar-refractivity contribution in [3.8, 4) is 0 Å². The summed E-state index contributed by atoms with van der Waals surface area (Å²) in [6.45, 7) is 2.41. The normalized spacial score (nSPS) is 22.5. The third-order valence-corrected chi connectivity index (χ3v) is 3.36. The van der Waals surface area contributed by atoms with Crippen molar-refractivity contribution in [3.05, 3.63) is 35.4 Å². The molecule has 1 unspecified atom stereocenters. The fraction of sp³-hybridized carbons (Fsp3) is 0.429. The molecular weight excluding hydrogens is 266 g/mol. The molecule has 2 N–H and O–H groups in total. The number of aryl methyl sites for hydroxylation is 1. The third kappa shape index (κ3) is 2.95. The second-order valence-corrected chi connectivity index (χ2v) is 5.07. The van der Waals surface area contributed by atoms with E-state index in [1.165, 1.54) is 0 Å². The standard InChI is InChI=1S/C14H16F2N2O2/c1-8-5-3-4-6-9(8)12-10(7-11(19)18-12)17-13(20)14(2,15)16/h3-6,10,12H,7H2,1-2H3,(H,17,20)(H,18,19)/t10?,12-/m1/s1. The maximum absolute atomic E-state index is 13.0. The van der Waals surface area contributed by atoms with Crippen LogP contribution in [0.2, 0.25) is 0 Å². The molecule has 4 nitrogen and oxygen atoms in total. The average molecular weight is 282 g/mol. The van der Waals surface area contributed by atoms with Crippen molar-refractivity contribution in [2.75, 3.05) is 0 Å². The minimum atomic E-state index is -3.46. The largest absolute Gasteiger partial charge is 0.347 e. The number of amides is 2. The van der Waals surface area contributed by atoms with E-state index >= 15 is 0 Å². The fourth-order valence-electron chi connectivity index (χ4n) is 2.31. The van der Waals surface area contributed by atoms with Gasteiger partial charge in [0.05, 0.1) is 12.1 Å². The van der Waals surface area contributed by atoms with Gasteiger partial charge in [-0.25, -0.2) is 0 Å². The smallest absolute Gasteiger partial charge is 0.321 e. The second-order valence-electron chi connectivity index (χ2n) is 5.07. The SMILES string of the molecule is Cc1ccccc1[C@H]1NC(=O)CC1NC(=O)C(C)(F)F. The minimum Gasteiger partial charge on any atom is -0.347 e. The quantitative estimate of drug-likeness (QED) is 0.886. The van der Waals surface area contributed by atoms with Crippen LogP contribution in [0.1, 0.15) is 30.5 Å². The van der Waals surface area contributed by atoms with Gasteiger partial charge < -0.3 is 10.6 Å². The predicted molar refractivity (Wildman–Crippen MR) is 69.2 cm³/mol. The highest BCUT2D eigenvalue weighted by Crippen LogP contribution is 2.27. The van der Waals surface area contributed by atoms with Crippen molar-refractivity contribution in [1.82, 2.24) is 10.6 Å². The number of carbonyl (C=O) groups excluding carboxylic acids is 2. The van der Waals surface area contributed by atoms with Crippen molar-refractivity contribution in [2.24, 2.45) is 0 Å². The predicted octanol–water partition coefficient (Wildman–Crippen LogP) is 1.70. The zero-order chi connectivity index (χ0) is 14.9. The van der Waals surface area contributed by atoms with Gasteiger partial charge in [-0.3, -0.25) is 9.59 Å². The Balaban J connectivity index is 2.22. The zero-order valence-electron chi connectivity index (χ0n) is 11.2. The Morgan fingerprint density at radius 3 is 2.65 bits per heavy atom. The molecule has 1 aromatic carbocycles. The molecule has 1 heterocycles. The first kappa shape index (κ1) is 14.4. The maximum Gasteiger partial charge on any atom is 0.321 e. The summed E-state index contributed by atoms with van der Waals surface area (Å²) in [5.74, 6) is -5.08. The van der Waals surface area contributed by atoms with E-state index in [1.807, 2.05) is 25.1 Å². The summed E-state index contributed by atoms with van der Waals surface area (Å²) in [4.78, 5) is 22.9. The highest BCUT2D eigenvalue weighted by Gasteiger charge is 2.40. The molecule has 1 aliphatic heterocycles. The molecule has 20 heavy (non-hydrogen) atoms. The van der Waals surface area contributed by atoms with Gasteiger partial charge in [-0.2, -0.15) is 8.78 Å². The number of halogens is 2. The molecule has 0 saturated carbocycles. The van der Waals surface area contributed by atoms with E-state index in [-0.39, 0.29) is 12.3 Å². The van der Waals surface area contributed by atoms with Crippen LogP contribution >= 0.6 is 0 Å². The molecule has 1 fully saturated rings. The molecule has 0 bridgehead atoms. The van der Waals surface area contributed by atoms with E-state index in [0.717, 1.165) is 11.1 Å². The highest BCUT2D eigenvalue weighted by atomic mass is 19.3. The first-order chi connectivity index (χ1) is 9.29. The molecule has 108 valence electrons. The summed E-state index contributed by atoms with van der Waals surface area (Å²) in [6, 6.07) is 6.20. The molecule has 2 amide bonds. The Labute approximate surface area is 115 Å². The van der Waals surface area contributed by atoms with Crippen LogP contribution in [-0.2, 0) is 9.59 Å². The lowest BCUT2D eigenvalue weighted by Gasteiger charge is -2.23. The van der Waals surface area contributed by atoms with E-state index < -0.39 is 23.9 Å². The van der Waals surface area contributed by atoms with Crippen LogP contribution in [-0.4, -0.2) is 23.8 Å². The van der Waals surface area contributed by atoms with Crippen molar-refractivity contribution < 1.29 is 18.4 Å². The van der Waals surface area contributed by atoms with E-state index in [9.17, 15) is 18.4 Å². The highest BCUT2D eigenvalue weighted by molar-refractivity contribution is 5.86. The lowest BCUT2D eigenvalue weighted by atomic mass is 9.96. The number of carbonyl (C=O) groups is 2. The summed E-state index contributed by atoms with van der Waals surface area (Å²) in [5.41, 5.74) is 1.75. The Morgan fingerprint density at radius 1 is 1.40 bits per heavy atom. The van der Waals surface area contributed by atoms with Crippen LogP contribution in [0.25, 0.3) is 0 Å². The Kier molecular flexibility index (Phi) is 3.74. The van der Waals surface area contributed by atoms with E-state index in [2.05, 4.69) is 10.6 Å². The van der Waals surface area contributed by atoms with E-state index in [4.69, 9.17) is 0 Å². The van der Waals surface area contributed by atoms with Crippen LogP contribution in [0.3, 0.4) is 0 Å². The van der Waals surface area contributed by atoms with Crippen LogP contribution in [0.4, 0.5) is 8.78 Å². The summed E-state index contributed by atoms with van der Waals surface area (Å²) >= 11 is 0. The number of rotatable bonds is 3. The molecule has 0 radical (unpaired) electrons. The first-order valence-corrected chi connectivity index (χ1v) is 6.32. The zero-order valence-corrected chi connectivity index (χ0v) is 11.2. The molecule has 0 aromatic heterocycles. The summed E-state index contributed by atoms with van der Waals surface area (Å²) in [7, 11) is 0. The lowest BCUT2D eigenvalue weighted by molar-refractivity contribution is -0.143. The van der Waals surface area contributed by atoms with Crippen molar-refractivity contribution in [3.63, 3.8) is 0 Å². The van der Waals surface area contributed by atoms with Gasteiger partial charge in [0.15, 0.2) is 0 Å². The topological polar surface area (TPSA) is 58.2 Å². The first-order valence-electron chi connectivity index (χ1n) is 6.32. The fourth-order valence-corrected chi connectivity index (χ4v) is 2.31. The van der Waals surface area contributed by atoms with Gasteiger partial charge in [0.2, 0.25) is 5.91 Å². The average Bonchev–Trinajstić information content (AvgIpc) is 2.69. The maximum atomic E-state index is 13.0. The van der Waals surface area contributed by atoms with Gasteiger partial charge in [0, 0.05) is 13.3 Å². The summed E-state index contributed by atoms with van der Waals surface area (Å²) in [5, 5.41) is 4.97. The minimum absolute atomic E-state index is 0.000814. The molecule has 0 spiro atoms. The molecule has 1 saturated heterocycles. The van der Waals surface area contributed by atoms with Crippen LogP contribution < -0.4 is 10.6 Å². The van der Waals surface area contributed by atoms with E-state index in [1.54, 1.807) is 6.07 Å². The van der Waals surface area contributed by atoms with Crippen LogP contribution in [0.15, 0.2) is 24.3 Å². The van der Waals surface area contributed by atoms with Crippen molar-refractivity contribution in [2.45, 2.75) is 38.3 Å². The molecule has 1 aromatic rings. The van der Waals surface area contributed by atoms with Gasteiger partial charge in [0.1, 0.15) is 0 Å². The van der Waals surface area contributed by atoms with Gasteiger partial charge in [-0.1, -0.05) is 24.3 Å². The Hall–Kier alpha value is -1.98. The molecule has 6 heteroatoms. The van der Waals surface area contributed by atoms with Gasteiger partial charge in [-0.05, 0) is 18.1 Å². The number of hydrogen-bond donors (Lipinski definition) is 2. The van der Waals surface area contributed by atoms with Crippen LogP contribution in [0, 0.1) is 6.92 Å². The molecule has 1 aliphatic rings. The van der Waals surface area contributed by atoms with Gasteiger partial charge >= 0.3 is 5.92 Å². The number of alkyl halides is 2. The second kappa shape index (κ2) is 5.19. The monoisotopic (exact) mass is 282 g/mol. The summed E-state index contributed by atoms with van der Waals surface area (Å²) < 4.78 is 25.9.